The van der Waals surface area contributed by atoms with Crippen LogP contribution in [-0.2, 0) is 5.11 Å². The van der Waals surface area contributed by atoms with Crippen molar-refractivity contribution in [3.63, 3.8) is 0 Å². The van der Waals surface area contributed by atoms with E-state index in [0.717, 1.165) is 13.0 Å². The molecule has 0 amide bonds. The van der Waals surface area contributed by atoms with E-state index in [4.69, 9.17) is 5.11 Å². The predicted molar refractivity (Wildman–Crippen MR) is 39.4 cm³/mol. The van der Waals surface area contributed by atoms with Crippen LogP contribution in [-0.4, -0.2) is 42.9 Å². The number of nitrogens with zero attached hydrogens (tertiary/aromatic N) is 1. The molecule has 0 spiro atoms. The van der Waals surface area contributed by atoms with Gasteiger partial charge in [-0.25, -0.2) is 5.11 Å². The SMILES string of the molecule is CCCN(CC[O])CCO. The van der Waals surface area contributed by atoms with Gasteiger partial charge in [0, 0.05) is 13.1 Å². The molecule has 1 N–H and O–H groups in total. The Labute approximate surface area is 62.3 Å². The molecule has 3 nitrogen and oxygen atoms in total. The van der Waals surface area contributed by atoms with Crippen molar-refractivity contribution in [2.24, 2.45) is 0 Å². The zero-order valence-electron chi connectivity index (χ0n) is 6.55. The highest BCUT2D eigenvalue weighted by Gasteiger charge is 2.00. The summed E-state index contributed by atoms with van der Waals surface area (Å²) in [7, 11) is 0. The second-order valence-electron chi connectivity index (χ2n) is 2.27. The molecule has 3 heteroatoms. The summed E-state index contributed by atoms with van der Waals surface area (Å²) in [6, 6.07) is 0. The van der Waals surface area contributed by atoms with Gasteiger partial charge in [-0.15, -0.1) is 0 Å². The topological polar surface area (TPSA) is 43.4 Å². The van der Waals surface area contributed by atoms with E-state index in [-0.39, 0.29) is 13.2 Å². The van der Waals surface area contributed by atoms with Crippen LogP contribution in [0.1, 0.15) is 13.3 Å². The van der Waals surface area contributed by atoms with E-state index < -0.39 is 0 Å². The molecule has 0 aliphatic carbocycles. The maximum atomic E-state index is 10.2. The fourth-order valence-corrected chi connectivity index (χ4v) is 0.922. The Morgan fingerprint density at radius 3 is 2.40 bits per heavy atom. The first-order chi connectivity index (χ1) is 4.85. The first kappa shape index (κ1) is 9.88. The van der Waals surface area contributed by atoms with Crippen molar-refractivity contribution in [3.05, 3.63) is 0 Å². The Kier molecular flexibility index (Phi) is 6.91. The highest BCUT2D eigenvalue weighted by molar-refractivity contribution is 4.53. The normalized spacial score (nSPS) is 10.8. The molecule has 0 atom stereocenters. The van der Waals surface area contributed by atoms with Crippen LogP contribution in [0.4, 0.5) is 0 Å². The third kappa shape index (κ3) is 4.73. The molecule has 0 aromatic heterocycles. The summed E-state index contributed by atoms with van der Waals surface area (Å²) in [5.74, 6) is 0. The van der Waals surface area contributed by atoms with E-state index in [2.05, 4.69) is 6.92 Å². The molecule has 0 bridgehead atoms. The standard InChI is InChI=1S/C7H16NO2/c1-2-3-8(4-6-9)5-7-10/h9H,2-7H2,1H3. The van der Waals surface area contributed by atoms with E-state index in [0.29, 0.717) is 13.1 Å². The Balaban J connectivity index is 3.30. The zero-order chi connectivity index (χ0) is 7.82. The van der Waals surface area contributed by atoms with Gasteiger partial charge in [-0.1, -0.05) is 6.92 Å². The van der Waals surface area contributed by atoms with Gasteiger partial charge in [-0.3, -0.25) is 4.90 Å². The summed E-state index contributed by atoms with van der Waals surface area (Å²) in [4.78, 5) is 1.98. The van der Waals surface area contributed by atoms with Crippen LogP contribution < -0.4 is 0 Å². The number of hydrogen-bond donors (Lipinski definition) is 1. The molecule has 0 aromatic rings. The average molecular weight is 146 g/mol. The molecule has 0 aliphatic rings. The minimum atomic E-state index is -0.0694. The number of aliphatic hydroxyl groups excluding tert-OH is 1. The van der Waals surface area contributed by atoms with Crippen LogP contribution >= 0.6 is 0 Å². The van der Waals surface area contributed by atoms with E-state index in [1.165, 1.54) is 0 Å². The number of rotatable bonds is 6. The van der Waals surface area contributed by atoms with Crippen LogP contribution in [0.25, 0.3) is 0 Å². The van der Waals surface area contributed by atoms with Crippen LogP contribution in [0.15, 0.2) is 0 Å². The van der Waals surface area contributed by atoms with Crippen molar-refractivity contribution in [1.29, 1.82) is 0 Å². The fraction of sp³-hybridized carbons (Fsp3) is 1.00. The first-order valence-electron chi connectivity index (χ1n) is 3.76. The summed E-state index contributed by atoms with van der Waals surface area (Å²) in [6.45, 7) is 4.27. The maximum absolute atomic E-state index is 10.2. The summed E-state index contributed by atoms with van der Waals surface area (Å²) < 4.78 is 0. The predicted octanol–water partition coefficient (Wildman–Crippen LogP) is 0.121. The molecule has 61 valence electrons. The molecule has 0 saturated heterocycles. The lowest BCUT2D eigenvalue weighted by Crippen LogP contribution is -2.30. The molecule has 0 aliphatic heterocycles. The van der Waals surface area contributed by atoms with E-state index >= 15 is 0 Å². The molecule has 0 saturated carbocycles. The second-order valence-corrected chi connectivity index (χ2v) is 2.27. The minimum Gasteiger partial charge on any atom is -0.395 e. The molecule has 0 aromatic carbocycles. The summed E-state index contributed by atoms with van der Waals surface area (Å²) >= 11 is 0. The third-order valence-electron chi connectivity index (χ3n) is 1.36. The zero-order valence-corrected chi connectivity index (χ0v) is 6.55. The fourth-order valence-electron chi connectivity index (χ4n) is 0.922. The average Bonchev–Trinajstić information content (AvgIpc) is 1.90. The van der Waals surface area contributed by atoms with Crippen LogP contribution in [0.3, 0.4) is 0 Å². The molecular weight excluding hydrogens is 130 g/mol. The van der Waals surface area contributed by atoms with Gasteiger partial charge in [0.25, 0.3) is 0 Å². The summed E-state index contributed by atoms with van der Waals surface area (Å²) in [5, 5.41) is 18.7. The van der Waals surface area contributed by atoms with Crippen molar-refractivity contribution >= 4 is 0 Å². The van der Waals surface area contributed by atoms with Crippen LogP contribution in [0.5, 0.6) is 0 Å². The Bertz CT molecular complexity index is 54.4. The van der Waals surface area contributed by atoms with Crippen molar-refractivity contribution in [2.75, 3.05) is 32.8 Å². The quantitative estimate of drug-likeness (QED) is 0.578. The Morgan fingerprint density at radius 1 is 1.30 bits per heavy atom. The van der Waals surface area contributed by atoms with Gasteiger partial charge in [-0.2, -0.15) is 0 Å². The lowest BCUT2D eigenvalue weighted by atomic mass is 10.4. The van der Waals surface area contributed by atoms with Gasteiger partial charge >= 0.3 is 0 Å². The first-order valence-corrected chi connectivity index (χ1v) is 3.76. The van der Waals surface area contributed by atoms with Crippen molar-refractivity contribution in [1.82, 2.24) is 4.90 Å². The Morgan fingerprint density at radius 2 is 2.00 bits per heavy atom. The summed E-state index contributed by atoms with van der Waals surface area (Å²) in [5.41, 5.74) is 0. The smallest absolute Gasteiger partial charge is 0.0949 e. The lowest BCUT2D eigenvalue weighted by molar-refractivity contribution is 0.125. The molecule has 0 rings (SSSR count). The highest BCUT2D eigenvalue weighted by atomic mass is 16.3. The van der Waals surface area contributed by atoms with Gasteiger partial charge in [-0.05, 0) is 13.0 Å². The van der Waals surface area contributed by atoms with Crippen molar-refractivity contribution in [3.8, 4) is 0 Å². The molecule has 10 heavy (non-hydrogen) atoms. The lowest BCUT2D eigenvalue weighted by Gasteiger charge is -2.17. The second kappa shape index (κ2) is 6.99. The van der Waals surface area contributed by atoms with Gasteiger partial charge in [0.2, 0.25) is 0 Å². The number of hydrogen-bond acceptors (Lipinski definition) is 2. The van der Waals surface area contributed by atoms with Gasteiger partial charge in [0.15, 0.2) is 0 Å². The third-order valence-corrected chi connectivity index (χ3v) is 1.36. The van der Waals surface area contributed by atoms with Gasteiger partial charge in [0.1, 0.15) is 0 Å². The van der Waals surface area contributed by atoms with Crippen molar-refractivity contribution in [2.45, 2.75) is 13.3 Å². The Hall–Kier alpha value is -0.120. The molecule has 0 unspecified atom stereocenters. The molecule has 0 fully saturated rings. The number of aliphatic hydroxyl groups is 1. The van der Waals surface area contributed by atoms with E-state index in [1.54, 1.807) is 0 Å². The minimum absolute atomic E-state index is 0.0694. The molecule has 0 heterocycles. The van der Waals surface area contributed by atoms with E-state index in [9.17, 15) is 5.11 Å². The van der Waals surface area contributed by atoms with Gasteiger partial charge in [0.05, 0.1) is 13.2 Å². The van der Waals surface area contributed by atoms with Gasteiger partial charge < -0.3 is 5.11 Å². The van der Waals surface area contributed by atoms with Crippen LogP contribution in [0, 0.1) is 0 Å². The van der Waals surface area contributed by atoms with E-state index in [1.807, 2.05) is 4.90 Å². The monoisotopic (exact) mass is 146 g/mol. The highest BCUT2D eigenvalue weighted by Crippen LogP contribution is 1.88. The molecule has 1 radical (unpaired) electrons. The summed E-state index contributed by atoms with van der Waals surface area (Å²) in [6.07, 6.45) is 1.04. The molecular formula is C7H16NO2. The van der Waals surface area contributed by atoms with Crippen LogP contribution in [0.2, 0.25) is 0 Å². The maximum Gasteiger partial charge on any atom is 0.0949 e. The largest absolute Gasteiger partial charge is 0.395 e. The van der Waals surface area contributed by atoms with Crippen molar-refractivity contribution < 1.29 is 10.2 Å².